The van der Waals surface area contributed by atoms with Crippen molar-refractivity contribution in [1.82, 2.24) is 44.7 Å². The van der Waals surface area contributed by atoms with Crippen LogP contribution in [0.5, 0.6) is 0 Å². The molecule has 0 bridgehead atoms. The smallest absolute Gasteiger partial charge is 0.248 e. The largest absolute Gasteiger partial charge is 0.391 e. The first-order valence-corrected chi connectivity index (χ1v) is 12.7. The third-order valence-corrected chi connectivity index (χ3v) is 7.01. The molecule has 5 rings (SSSR count). The molecule has 0 spiro atoms. The summed E-state index contributed by atoms with van der Waals surface area (Å²) < 4.78 is 3.48. The molecule has 2 fully saturated rings. The van der Waals surface area contributed by atoms with Crippen molar-refractivity contribution < 1.29 is 14.7 Å². The fourth-order valence-corrected chi connectivity index (χ4v) is 4.97. The minimum absolute atomic E-state index is 0.107. The molecule has 13 nitrogen and oxygen atoms in total. The highest BCUT2D eigenvalue weighted by atomic mass is 16.3. The van der Waals surface area contributed by atoms with Crippen molar-refractivity contribution in [2.24, 2.45) is 5.41 Å². The van der Waals surface area contributed by atoms with Gasteiger partial charge in [0.15, 0.2) is 11.5 Å². The molecule has 13 heteroatoms. The number of anilines is 1. The molecule has 4 N–H and O–H groups in total. The number of nitrogens with one attached hydrogen (secondary N) is 1. The fourth-order valence-electron chi connectivity index (χ4n) is 4.97. The van der Waals surface area contributed by atoms with E-state index in [0.717, 1.165) is 18.5 Å². The van der Waals surface area contributed by atoms with Gasteiger partial charge in [0.2, 0.25) is 11.8 Å². The van der Waals surface area contributed by atoms with Crippen molar-refractivity contribution in [3.8, 4) is 0 Å². The van der Waals surface area contributed by atoms with Gasteiger partial charge >= 0.3 is 0 Å². The highest BCUT2D eigenvalue weighted by Crippen LogP contribution is 2.40. The molecule has 3 aromatic heterocycles. The molecule has 2 amide bonds. The van der Waals surface area contributed by atoms with E-state index in [0.29, 0.717) is 42.4 Å². The number of carbonyl (C=O) groups excluding carboxylic acids is 2. The second-order valence-corrected chi connectivity index (χ2v) is 11.1. The first-order valence-electron chi connectivity index (χ1n) is 12.7. The quantitative estimate of drug-likeness (QED) is 0.368. The summed E-state index contributed by atoms with van der Waals surface area (Å²) in [7, 11) is 0. The topological polar surface area (TPSA) is 170 Å². The summed E-state index contributed by atoms with van der Waals surface area (Å²) in [5, 5.41) is 21.9. The molecule has 1 saturated heterocycles. The van der Waals surface area contributed by atoms with Gasteiger partial charge in [0.1, 0.15) is 23.9 Å². The molecule has 1 aliphatic carbocycles. The minimum Gasteiger partial charge on any atom is -0.391 e. The fraction of sp³-hybridized carbons (Fsp3) is 0.625. The van der Waals surface area contributed by atoms with Crippen LogP contribution in [-0.4, -0.2) is 81.6 Å². The lowest BCUT2D eigenvalue weighted by atomic mass is 9.85. The van der Waals surface area contributed by atoms with Crippen molar-refractivity contribution in [3.63, 3.8) is 0 Å². The lowest BCUT2D eigenvalue weighted by Gasteiger charge is -2.34. The average molecular weight is 511 g/mol. The summed E-state index contributed by atoms with van der Waals surface area (Å²) in [5.41, 5.74) is 7.45. The Labute approximate surface area is 214 Å². The third-order valence-electron chi connectivity index (χ3n) is 7.01. The molecule has 2 aliphatic rings. The van der Waals surface area contributed by atoms with E-state index in [1.807, 2.05) is 31.5 Å². The Morgan fingerprint density at radius 3 is 2.76 bits per heavy atom. The van der Waals surface area contributed by atoms with Crippen molar-refractivity contribution in [2.45, 2.75) is 77.1 Å². The number of aromatic nitrogens is 7. The number of hydrogen-bond acceptors (Lipinski definition) is 9. The summed E-state index contributed by atoms with van der Waals surface area (Å²) >= 11 is 0. The zero-order valence-electron chi connectivity index (χ0n) is 21.4. The van der Waals surface area contributed by atoms with Crippen LogP contribution in [0.25, 0.3) is 11.2 Å². The SMILES string of the molecule is CC(C)(C)C(C(=O)N1C[C@H](O)C[C@H]1C(=O)NCCCn1cnc2c(N)ncnc21)n1cc(C2CC2)nn1. The summed E-state index contributed by atoms with van der Waals surface area (Å²) in [4.78, 5) is 40.8. The monoisotopic (exact) mass is 510 g/mol. The number of likely N-dealkylation sites (tertiary alicyclic amines) is 1. The maximum Gasteiger partial charge on any atom is 0.248 e. The van der Waals surface area contributed by atoms with Crippen LogP contribution in [-0.2, 0) is 16.1 Å². The third kappa shape index (κ3) is 5.13. The number of nitrogen functional groups attached to an aromatic ring is 1. The number of amides is 2. The highest BCUT2D eigenvalue weighted by molar-refractivity contribution is 5.90. The van der Waals surface area contributed by atoms with Crippen molar-refractivity contribution in [1.29, 1.82) is 0 Å². The van der Waals surface area contributed by atoms with E-state index in [4.69, 9.17) is 5.73 Å². The Morgan fingerprint density at radius 1 is 1.24 bits per heavy atom. The Bertz CT molecular complexity index is 1290. The van der Waals surface area contributed by atoms with Gasteiger partial charge in [-0.05, 0) is 24.7 Å². The van der Waals surface area contributed by atoms with Crippen molar-refractivity contribution in [3.05, 3.63) is 24.5 Å². The lowest BCUT2D eigenvalue weighted by molar-refractivity contribution is -0.144. The molecule has 1 aliphatic heterocycles. The summed E-state index contributed by atoms with van der Waals surface area (Å²) in [6.45, 7) is 6.97. The van der Waals surface area contributed by atoms with Gasteiger partial charge in [0.05, 0.1) is 18.1 Å². The highest BCUT2D eigenvalue weighted by Gasteiger charge is 2.45. The summed E-state index contributed by atoms with van der Waals surface area (Å²) in [6, 6.07) is -1.39. The summed E-state index contributed by atoms with van der Waals surface area (Å²) in [5.74, 6) is 0.224. The molecular weight excluding hydrogens is 476 g/mol. The van der Waals surface area contributed by atoms with Gasteiger partial charge < -0.3 is 25.6 Å². The van der Waals surface area contributed by atoms with Gasteiger partial charge in [0.25, 0.3) is 0 Å². The Balaban J connectivity index is 1.23. The van der Waals surface area contributed by atoms with Gasteiger partial charge in [-0.15, -0.1) is 5.10 Å². The number of rotatable bonds is 8. The molecule has 1 unspecified atom stereocenters. The van der Waals surface area contributed by atoms with Gasteiger partial charge in [0, 0.05) is 38.2 Å². The van der Waals surface area contributed by atoms with Crippen molar-refractivity contribution >= 4 is 28.8 Å². The number of hydrogen-bond donors (Lipinski definition) is 3. The maximum atomic E-state index is 13.8. The van der Waals surface area contributed by atoms with Crippen LogP contribution in [0.3, 0.4) is 0 Å². The Morgan fingerprint density at radius 2 is 2.03 bits per heavy atom. The van der Waals surface area contributed by atoms with Crippen LogP contribution in [0.1, 0.15) is 64.1 Å². The van der Waals surface area contributed by atoms with Gasteiger partial charge in [-0.3, -0.25) is 9.59 Å². The molecule has 4 heterocycles. The van der Waals surface area contributed by atoms with Crippen LogP contribution in [0.15, 0.2) is 18.9 Å². The first-order chi connectivity index (χ1) is 17.6. The van der Waals surface area contributed by atoms with E-state index >= 15 is 0 Å². The predicted octanol–water partition coefficient (Wildman–Crippen LogP) is 0.633. The molecular formula is C24H34N10O3. The van der Waals surface area contributed by atoms with Gasteiger partial charge in [-0.2, -0.15) is 0 Å². The molecule has 0 aromatic carbocycles. The molecule has 3 aromatic rings. The molecule has 1 saturated carbocycles. The number of fused-ring (bicyclic) bond motifs is 1. The minimum atomic E-state index is -0.763. The number of nitrogens with two attached hydrogens (primary N) is 1. The van der Waals surface area contributed by atoms with E-state index in [9.17, 15) is 14.7 Å². The van der Waals surface area contributed by atoms with Crippen LogP contribution in [0.2, 0.25) is 0 Å². The standard InChI is InChI=1S/C24H34N10O3/c1-24(2,3)19(34-11-16(30-31-34)14-5-6-14)23(37)33-10-15(35)9-17(33)22(36)26-7-4-8-32-13-29-18-20(25)27-12-28-21(18)32/h11-15,17,19,35H,4-10H2,1-3H3,(H,26,36)(H2,25,27,28)/t15-,17+,19?/m1/s1. The number of aliphatic hydroxyl groups is 1. The zero-order valence-corrected chi connectivity index (χ0v) is 21.4. The molecule has 37 heavy (non-hydrogen) atoms. The Kier molecular flexibility index (Phi) is 6.56. The average Bonchev–Trinajstić information content (AvgIpc) is 3.23. The van der Waals surface area contributed by atoms with E-state index in [1.54, 1.807) is 11.0 Å². The number of carbonyl (C=O) groups is 2. The van der Waals surface area contributed by atoms with E-state index in [-0.39, 0.29) is 24.8 Å². The lowest BCUT2D eigenvalue weighted by Crippen LogP contribution is -2.50. The second kappa shape index (κ2) is 9.69. The zero-order chi connectivity index (χ0) is 26.3. The maximum absolute atomic E-state index is 13.8. The van der Waals surface area contributed by atoms with Crippen LogP contribution >= 0.6 is 0 Å². The van der Waals surface area contributed by atoms with Gasteiger partial charge in [-0.25, -0.2) is 19.6 Å². The van der Waals surface area contributed by atoms with Crippen molar-refractivity contribution in [2.75, 3.05) is 18.8 Å². The van der Waals surface area contributed by atoms with Crippen LogP contribution in [0.4, 0.5) is 5.82 Å². The number of aryl methyl sites for hydroxylation is 1. The first kappa shape index (κ1) is 25.1. The second-order valence-electron chi connectivity index (χ2n) is 11.1. The molecule has 3 atom stereocenters. The van der Waals surface area contributed by atoms with Crippen LogP contribution in [0, 0.1) is 5.41 Å². The number of imidazole rings is 1. The molecule has 0 radical (unpaired) electrons. The van der Waals surface area contributed by atoms with E-state index in [2.05, 4.69) is 30.6 Å². The molecule has 198 valence electrons. The van der Waals surface area contributed by atoms with Gasteiger partial charge in [-0.1, -0.05) is 26.0 Å². The Hall–Kier alpha value is -3.61. The summed E-state index contributed by atoms with van der Waals surface area (Å²) in [6.07, 6.45) is 7.13. The van der Waals surface area contributed by atoms with E-state index in [1.165, 1.54) is 11.2 Å². The van der Waals surface area contributed by atoms with E-state index < -0.39 is 23.6 Å². The number of aliphatic hydroxyl groups excluding tert-OH is 1. The normalized spacial score (nSPS) is 20.9. The van der Waals surface area contributed by atoms with Crippen LogP contribution < -0.4 is 11.1 Å². The number of β-amino-alcohol motifs (C(OH)–C–C–N with tert-alkyl or cyclic N) is 1. The predicted molar refractivity (Wildman–Crippen MR) is 134 cm³/mol. The number of nitrogens with zero attached hydrogens (tertiary/aromatic N) is 8.